The molecule has 0 aliphatic heterocycles. The zero-order valence-electron chi connectivity index (χ0n) is 21.0. The van der Waals surface area contributed by atoms with Crippen molar-refractivity contribution in [2.24, 2.45) is 0 Å². The molecule has 0 nitrogen and oxygen atoms in total. The Balaban J connectivity index is 0.000000177. The van der Waals surface area contributed by atoms with Gasteiger partial charge in [0, 0.05) is 17.1 Å². The average molecular weight is 623 g/mol. The summed E-state index contributed by atoms with van der Waals surface area (Å²) in [5, 5.41) is 9.20. The molecular weight excluding hydrogens is 597 g/mol. The number of hydrogen-bond acceptors (Lipinski definition) is 0. The first-order chi connectivity index (χ1) is 18.7. The third-order valence-corrected chi connectivity index (χ3v) is 11.9. The third-order valence-electron chi connectivity index (χ3n) is 6.02. The normalized spacial score (nSPS) is 10.6. The smallest absolute Gasteiger partial charge is 0 e. The summed E-state index contributed by atoms with van der Waals surface area (Å²) in [7, 11) is -1.07. The van der Waals surface area contributed by atoms with Crippen LogP contribution in [0, 0.1) is 0 Å². The molecule has 0 spiro atoms. The van der Waals surface area contributed by atoms with Gasteiger partial charge >= 0.3 is 0 Å². The maximum atomic E-state index is 6.39. The van der Waals surface area contributed by atoms with Gasteiger partial charge in [0.05, 0.1) is 0 Å². The van der Waals surface area contributed by atoms with Crippen molar-refractivity contribution >= 4 is 70.9 Å². The molecule has 0 saturated carbocycles. The molecule has 0 N–H and O–H groups in total. The predicted octanol–water partition coefficient (Wildman–Crippen LogP) is 7.63. The Morgan fingerprint density at radius 3 is 1.28 bits per heavy atom. The van der Waals surface area contributed by atoms with Crippen molar-refractivity contribution in [1.82, 2.24) is 0 Å². The minimum atomic E-state index is -0.662. The Kier molecular flexibility index (Phi) is 11.2. The molecule has 6 rings (SSSR count). The van der Waals surface area contributed by atoms with Crippen LogP contribution < -0.4 is 31.8 Å². The predicted molar refractivity (Wildman–Crippen MR) is 172 cm³/mol. The van der Waals surface area contributed by atoms with E-state index in [0.29, 0.717) is 10.0 Å². The summed E-state index contributed by atoms with van der Waals surface area (Å²) in [6.45, 7) is 0. The second-order valence-electron chi connectivity index (χ2n) is 8.54. The van der Waals surface area contributed by atoms with Gasteiger partial charge in [0.2, 0.25) is 0 Å². The SMILES string of the molecule is Clc1c(P(c2ccccc2)c2ccccc2)cc[c-]1Cl.[Fe].c1ccc(P(c2ccccc2)[c-]2[cH-][cH-][cH-][cH-]2)cc1. The zero-order chi connectivity index (χ0) is 26.2. The van der Waals surface area contributed by atoms with Gasteiger partial charge in [-0.3, -0.25) is 0 Å². The topological polar surface area (TPSA) is 0 Å². The van der Waals surface area contributed by atoms with Crippen LogP contribution in [0.15, 0.2) is 158 Å². The Labute approximate surface area is 254 Å². The zero-order valence-corrected chi connectivity index (χ0v) is 25.4. The molecule has 39 heavy (non-hydrogen) atoms. The molecule has 0 atom stereocenters. The molecule has 0 aliphatic carbocycles. The fourth-order valence-electron chi connectivity index (χ4n) is 4.29. The Hall–Kier alpha value is -2.46. The Bertz CT molecular complexity index is 1440. The Morgan fingerprint density at radius 1 is 0.538 bits per heavy atom. The molecule has 0 unspecified atom stereocenters. The molecule has 0 radical (unpaired) electrons. The van der Waals surface area contributed by atoms with E-state index >= 15 is 0 Å². The van der Waals surface area contributed by atoms with E-state index in [1.54, 1.807) is 0 Å². The maximum Gasteiger partial charge on any atom is 0 e. The van der Waals surface area contributed by atoms with Crippen molar-refractivity contribution < 1.29 is 17.1 Å². The van der Waals surface area contributed by atoms with E-state index in [4.69, 9.17) is 23.2 Å². The van der Waals surface area contributed by atoms with Gasteiger partial charge in [0.25, 0.3) is 0 Å². The van der Waals surface area contributed by atoms with E-state index < -0.39 is 15.8 Å². The molecule has 0 fully saturated rings. The van der Waals surface area contributed by atoms with Crippen molar-refractivity contribution in [3.05, 3.63) is 168 Å². The second kappa shape index (κ2) is 14.8. The summed E-state index contributed by atoms with van der Waals surface area (Å²) >= 11 is 12.5. The van der Waals surface area contributed by atoms with Gasteiger partial charge in [-0.2, -0.15) is 17.7 Å². The van der Waals surface area contributed by atoms with Crippen LogP contribution in [0.1, 0.15) is 0 Å². The van der Waals surface area contributed by atoms with Gasteiger partial charge in [-0.15, -0.1) is 16.9 Å². The Morgan fingerprint density at radius 2 is 0.923 bits per heavy atom. The minimum absolute atomic E-state index is 0. The first-order valence-electron chi connectivity index (χ1n) is 12.4. The summed E-state index contributed by atoms with van der Waals surface area (Å²) < 4.78 is 0. The van der Waals surface area contributed by atoms with Gasteiger partial charge in [-0.1, -0.05) is 150 Å². The van der Waals surface area contributed by atoms with E-state index in [1.165, 1.54) is 26.5 Å². The van der Waals surface area contributed by atoms with E-state index in [1.807, 2.05) is 24.3 Å². The van der Waals surface area contributed by atoms with E-state index in [-0.39, 0.29) is 17.1 Å². The number of benzene rings is 4. The van der Waals surface area contributed by atoms with Gasteiger partial charge in [-0.25, -0.2) is 14.0 Å². The molecular formula is C34H26Cl2FeP2-6. The molecule has 0 aliphatic rings. The van der Waals surface area contributed by atoms with Crippen molar-refractivity contribution in [2.45, 2.75) is 0 Å². The molecule has 0 bridgehead atoms. The van der Waals surface area contributed by atoms with Crippen LogP contribution in [-0.4, -0.2) is 0 Å². The molecule has 6 aromatic rings. The summed E-state index contributed by atoms with van der Waals surface area (Å²) in [5.41, 5.74) is 0. The molecule has 0 amide bonds. The van der Waals surface area contributed by atoms with Crippen LogP contribution in [0.2, 0.25) is 10.0 Å². The van der Waals surface area contributed by atoms with Crippen LogP contribution in [-0.2, 0) is 17.1 Å². The van der Waals surface area contributed by atoms with Gasteiger partial charge in [-0.05, 0) is 10.6 Å². The third kappa shape index (κ3) is 7.39. The van der Waals surface area contributed by atoms with E-state index in [0.717, 1.165) is 5.30 Å². The molecule has 0 aromatic heterocycles. The minimum Gasteiger partial charge on any atom is -0.747 e. The van der Waals surface area contributed by atoms with E-state index in [2.05, 4.69) is 133 Å². The first-order valence-corrected chi connectivity index (χ1v) is 15.8. The fourth-order valence-corrected chi connectivity index (χ4v) is 9.54. The van der Waals surface area contributed by atoms with E-state index in [9.17, 15) is 0 Å². The second-order valence-corrected chi connectivity index (χ2v) is 13.7. The van der Waals surface area contributed by atoms with Crippen LogP contribution in [0.5, 0.6) is 0 Å². The summed E-state index contributed by atoms with van der Waals surface area (Å²) in [6, 6.07) is 55.1. The van der Waals surface area contributed by atoms with Crippen molar-refractivity contribution in [3.63, 3.8) is 0 Å². The number of rotatable bonds is 6. The van der Waals surface area contributed by atoms with Gasteiger partial charge in [0.1, 0.15) is 0 Å². The van der Waals surface area contributed by atoms with Crippen molar-refractivity contribution in [2.75, 3.05) is 0 Å². The van der Waals surface area contributed by atoms with Crippen LogP contribution >= 0.6 is 39.0 Å². The molecule has 5 heteroatoms. The standard InChI is InChI=1S/C17H12Cl2P.C17H14P.Fe/c18-15-11-12-16(17(15)19)20(13-7-3-1-4-8-13)14-9-5-2-6-10-14;1-3-9-15(10-4-1)18(17-13-7-8-14-17)16-11-5-2-6-12-16;/h1-12H;1-14H;/q-1;-5;. The number of hydrogen-bond donors (Lipinski definition) is 0. The molecule has 6 aromatic carbocycles. The van der Waals surface area contributed by atoms with Crippen LogP contribution in [0.3, 0.4) is 0 Å². The van der Waals surface area contributed by atoms with Crippen molar-refractivity contribution in [1.29, 1.82) is 0 Å². The monoisotopic (exact) mass is 622 g/mol. The van der Waals surface area contributed by atoms with Gasteiger partial charge < -0.3 is 29.6 Å². The summed E-state index contributed by atoms with van der Waals surface area (Å²) in [5.74, 6) is 0. The quantitative estimate of drug-likeness (QED) is 0.102. The fraction of sp³-hybridized carbons (Fsp3) is 0. The summed E-state index contributed by atoms with van der Waals surface area (Å²) in [4.78, 5) is 0. The molecule has 0 heterocycles. The van der Waals surface area contributed by atoms with Gasteiger partial charge in [0.15, 0.2) is 0 Å². The maximum absolute atomic E-state index is 6.39. The molecule has 200 valence electrons. The first kappa shape index (κ1) is 29.5. The average Bonchev–Trinajstić information content (AvgIpc) is 3.63. The van der Waals surface area contributed by atoms with Crippen LogP contribution in [0.4, 0.5) is 0 Å². The molecule has 0 saturated heterocycles. The summed E-state index contributed by atoms with van der Waals surface area (Å²) in [6.07, 6.45) is 0. The van der Waals surface area contributed by atoms with Crippen molar-refractivity contribution in [3.8, 4) is 0 Å². The van der Waals surface area contributed by atoms with Crippen LogP contribution in [0.25, 0.3) is 0 Å². The largest absolute Gasteiger partial charge is 0.747 e. The number of halogens is 2.